The van der Waals surface area contributed by atoms with Crippen LogP contribution in [-0.2, 0) is 0 Å². The van der Waals surface area contributed by atoms with Crippen LogP contribution in [0, 0.1) is 5.82 Å². The molecule has 1 N–H and O–H groups in total. The fourth-order valence-corrected chi connectivity index (χ4v) is 4.01. The van der Waals surface area contributed by atoms with E-state index in [0.717, 1.165) is 21.8 Å². The molecule has 0 aliphatic heterocycles. The average Bonchev–Trinajstić information content (AvgIpc) is 3.19. The van der Waals surface area contributed by atoms with Crippen molar-refractivity contribution < 1.29 is 9.18 Å². The lowest BCUT2D eigenvalue weighted by Crippen LogP contribution is -2.14. The molecular formula is C22H13Cl2FN2OS. The lowest BCUT2D eigenvalue weighted by atomic mass is 10.1. The smallest absolute Gasteiger partial charge is 0.260 e. The summed E-state index contributed by atoms with van der Waals surface area (Å²) in [6.07, 6.45) is 0. The van der Waals surface area contributed by atoms with Crippen LogP contribution < -0.4 is 5.32 Å². The van der Waals surface area contributed by atoms with E-state index < -0.39 is 11.7 Å². The molecule has 0 bridgehead atoms. The van der Waals surface area contributed by atoms with E-state index in [9.17, 15) is 9.18 Å². The monoisotopic (exact) mass is 442 g/mol. The topological polar surface area (TPSA) is 42.0 Å². The lowest BCUT2D eigenvalue weighted by molar-refractivity contribution is 0.102. The van der Waals surface area contributed by atoms with E-state index in [0.29, 0.717) is 10.7 Å². The van der Waals surface area contributed by atoms with Crippen LogP contribution in [0.4, 0.5) is 10.1 Å². The highest BCUT2D eigenvalue weighted by atomic mass is 35.5. The van der Waals surface area contributed by atoms with E-state index in [-0.39, 0.29) is 10.6 Å². The maximum Gasteiger partial charge on any atom is 0.260 e. The molecule has 7 heteroatoms. The van der Waals surface area contributed by atoms with Crippen LogP contribution in [0.3, 0.4) is 0 Å². The van der Waals surface area contributed by atoms with E-state index in [1.165, 1.54) is 29.5 Å². The summed E-state index contributed by atoms with van der Waals surface area (Å²) >= 11 is 13.4. The first kappa shape index (κ1) is 19.6. The Hall–Kier alpha value is -2.73. The molecule has 0 fully saturated rings. The van der Waals surface area contributed by atoms with E-state index in [1.807, 2.05) is 35.7 Å². The highest BCUT2D eigenvalue weighted by molar-refractivity contribution is 7.13. The van der Waals surface area contributed by atoms with E-state index in [2.05, 4.69) is 10.3 Å². The van der Waals surface area contributed by atoms with Crippen LogP contribution >= 0.6 is 34.5 Å². The van der Waals surface area contributed by atoms with Gasteiger partial charge in [0.25, 0.3) is 5.91 Å². The number of carbonyl (C=O) groups excluding carboxylic acids is 1. The first-order chi connectivity index (χ1) is 14.0. The van der Waals surface area contributed by atoms with Crippen molar-refractivity contribution in [1.82, 2.24) is 4.98 Å². The number of thiazole rings is 1. The van der Waals surface area contributed by atoms with Crippen LogP contribution in [-0.4, -0.2) is 10.9 Å². The van der Waals surface area contributed by atoms with Crippen molar-refractivity contribution in [2.75, 3.05) is 5.32 Å². The maximum atomic E-state index is 14.0. The molecule has 0 aliphatic rings. The summed E-state index contributed by atoms with van der Waals surface area (Å²) in [7, 11) is 0. The summed E-state index contributed by atoms with van der Waals surface area (Å²) < 4.78 is 14.0. The fraction of sp³-hybridized carbons (Fsp3) is 0. The second-order valence-corrected chi connectivity index (χ2v) is 7.88. The van der Waals surface area contributed by atoms with Gasteiger partial charge in [0.15, 0.2) is 0 Å². The molecule has 4 aromatic rings. The molecule has 0 radical (unpaired) electrons. The molecule has 0 spiro atoms. The Morgan fingerprint density at radius 3 is 2.48 bits per heavy atom. The summed E-state index contributed by atoms with van der Waals surface area (Å²) in [5.74, 6) is -1.27. The number of nitrogens with one attached hydrogen (secondary N) is 1. The molecule has 144 valence electrons. The van der Waals surface area contributed by atoms with Gasteiger partial charge in [-0.1, -0.05) is 53.5 Å². The molecule has 4 rings (SSSR count). The minimum Gasteiger partial charge on any atom is -0.322 e. The third kappa shape index (κ3) is 4.32. The molecule has 0 atom stereocenters. The Labute approximate surface area is 180 Å². The number of nitrogens with zero attached hydrogens (tertiary/aromatic N) is 1. The Morgan fingerprint density at radius 1 is 0.966 bits per heavy atom. The number of anilines is 1. The van der Waals surface area contributed by atoms with Crippen LogP contribution in [0.15, 0.2) is 72.1 Å². The molecule has 0 saturated heterocycles. The number of rotatable bonds is 4. The normalized spacial score (nSPS) is 10.7. The quantitative estimate of drug-likeness (QED) is 0.363. The standard InChI is InChI=1S/C22H13Cl2FN2OS/c23-15-9-7-13(8-10-15)22-27-19(12-29-22)14-3-1-4-16(11-14)26-21(28)20-17(24)5-2-6-18(20)25/h1-12H,(H,26,28). The highest BCUT2D eigenvalue weighted by Gasteiger charge is 2.16. The van der Waals surface area contributed by atoms with Gasteiger partial charge >= 0.3 is 0 Å². The number of hydrogen-bond donors (Lipinski definition) is 1. The summed E-state index contributed by atoms with van der Waals surface area (Å²) in [4.78, 5) is 17.1. The molecule has 3 aromatic carbocycles. The minimum absolute atomic E-state index is 0.0609. The Balaban J connectivity index is 1.58. The third-order valence-corrected chi connectivity index (χ3v) is 5.66. The van der Waals surface area contributed by atoms with E-state index in [1.54, 1.807) is 18.2 Å². The van der Waals surface area contributed by atoms with Crippen molar-refractivity contribution in [2.24, 2.45) is 0 Å². The van der Waals surface area contributed by atoms with Gasteiger partial charge in [-0.05, 0) is 36.4 Å². The zero-order chi connectivity index (χ0) is 20.4. The number of benzene rings is 3. The lowest BCUT2D eigenvalue weighted by Gasteiger charge is -2.08. The third-order valence-electron chi connectivity index (χ3n) is 4.20. The van der Waals surface area contributed by atoms with E-state index in [4.69, 9.17) is 23.2 Å². The van der Waals surface area contributed by atoms with Gasteiger partial charge in [-0.25, -0.2) is 9.37 Å². The van der Waals surface area contributed by atoms with Gasteiger partial charge in [0.05, 0.1) is 16.3 Å². The molecule has 1 amide bonds. The van der Waals surface area contributed by atoms with Crippen molar-refractivity contribution >= 4 is 46.1 Å². The van der Waals surface area contributed by atoms with Crippen LogP contribution in [0.5, 0.6) is 0 Å². The van der Waals surface area contributed by atoms with Crippen LogP contribution in [0.1, 0.15) is 10.4 Å². The number of amides is 1. The van der Waals surface area contributed by atoms with Gasteiger partial charge in [-0.15, -0.1) is 11.3 Å². The summed E-state index contributed by atoms with van der Waals surface area (Å²) in [6.45, 7) is 0. The Kier molecular flexibility index (Phi) is 5.62. The van der Waals surface area contributed by atoms with Gasteiger partial charge in [-0.2, -0.15) is 0 Å². The largest absolute Gasteiger partial charge is 0.322 e. The SMILES string of the molecule is O=C(Nc1cccc(-c2csc(-c3ccc(Cl)cc3)n2)c1)c1c(F)cccc1Cl. The molecule has 29 heavy (non-hydrogen) atoms. The van der Waals surface area contributed by atoms with Crippen molar-refractivity contribution in [1.29, 1.82) is 0 Å². The molecule has 0 aliphatic carbocycles. The number of carbonyl (C=O) groups is 1. The summed E-state index contributed by atoms with van der Waals surface area (Å²) in [6, 6.07) is 18.8. The second kappa shape index (κ2) is 8.33. The Morgan fingerprint density at radius 2 is 1.72 bits per heavy atom. The van der Waals surface area contributed by atoms with Gasteiger partial charge < -0.3 is 5.32 Å². The molecule has 0 unspecified atom stereocenters. The molecular weight excluding hydrogens is 430 g/mol. The van der Waals surface area contributed by atoms with Crippen LogP contribution in [0.2, 0.25) is 10.0 Å². The van der Waals surface area contributed by atoms with Crippen molar-refractivity contribution in [3.05, 3.63) is 93.5 Å². The maximum absolute atomic E-state index is 14.0. The zero-order valence-corrected chi connectivity index (χ0v) is 17.2. The fourth-order valence-electron chi connectivity index (χ4n) is 2.80. The van der Waals surface area contributed by atoms with Crippen molar-refractivity contribution in [3.63, 3.8) is 0 Å². The predicted molar refractivity (Wildman–Crippen MR) is 117 cm³/mol. The minimum atomic E-state index is -0.668. The Bertz CT molecular complexity index is 1170. The summed E-state index contributed by atoms with van der Waals surface area (Å²) in [5.41, 5.74) is 2.93. The second-order valence-electron chi connectivity index (χ2n) is 6.18. The van der Waals surface area contributed by atoms with Crippen LogP contribution in [0.25, 0.3) is 21.8 Å². The van der Waals surface area contributed by atoms with E-state index >= 15 is 0 Å². The van der Waals surface area contributed by atoms with Gasteiger partial charge in [0.1, 0.15) is 10.8 Å². The van der Waals surface area contributed by atoms with Gasteiger partial charge in [0, 0.05) is 27.2 Å². The number of aromatic nitrogens is 1. The molecule has 3 nitrogen and oxygen atoms in total. The first-order valence-electron chi connectivity index (χ1n) is 8.58. The van der Waals surface area contributed by atoms with Gasteiger partial charge in [0.2, 0.25) is 0 Å². The molecule has 1 heterocycles. The van der Waals surface area contributed by atoms with Crippen molar-refractivity contribution in [3.8, 4) is 21.8 Å². The highest BCUT2D eigenvalue weighted by Crippen LogP contribution is 2.31. The average molecular weight is 443 g/mol. The molecule has 1 aromatic heterocycles. The predicted octanol–water partition coefficient (Wildman–Crippen LogP) is 7.18. The zero-order valence-electron chi connectivity index (χ0n) is 14.8. The number of hydrogen-bond acceptors (Lipinski definition) is 3. The van der Waals surface area contributed by atoms with Gasteiger partial charge in [-0.3, -0.25) is 4.79 Å². The summed E-state index contributed by atoms with van der Waals surface area (Å²) in [5, 5.41) is 6.23. The first-order valence-corrected chi connectivity index (χ1v) is 10.2. The molecule has 0 saturated carbocycles. The van der Waals surface area contributed by atoms with Crippen molar-refractivity contribution in [2.45, 2.75) is 0 Å². The number of halogens is 3.